The summed E-state index contributed by atoms with van der Waals surface area (Å²) >= 11 is 0. The molecular formula is C30H48N2O13. The lowest BCUT2D eigenvalue weighted by Crippen LogP contribution is -2.61. The van der Waals surface area contributed by atoms with E-state index in [-0.39, 0.29) is 18.9 Å². The van der Waals surface area contributed by atoms with Crippen molar-refractivity contribution in [1.82, 2.24) is 10.4 Å². The third-order valence-electron chi connectivity index (χ3n) is 8.91. The Labute approximate surface area is 263 Å². The van der Waals surface area contributed by atoms with Crippen molar-refractivity contribution < 1.29 is 61.8 Å². The molecule has 15 nitrogen and oxygen atoms in total. The van der Waals surface area contributed by atoms with Gasteiger partial charge in [-0.1, -0.05) is 0 Å². The summed E-state index contributed by atoms with van der Waals surface area (Å²) in [6, 6.07) is -1.41. The van der Waals surface area contributed by atoms with Crippen LogP contribution in [0, 0.1) is 0 Å². The Balaban J connectivity index is 1.35. The Morgan fingerprint density at radius 3 is 1.87 bits per heavy atom. The van der Waals surface area contributed by atoms with Gasteiger partial charge >= 0.3 is 5.97 Å². The number of rotatable bonds is 7. The van der Waals surface area contributed by atoms with Crippen molar-refractivity contribution in [1.29, 1.82) is 0 Å². The van der Waals surface area contributed by atoms with Gasteiger partial charge < -0.3 is 52.7 Å². The minimum Gasteiger partial charge on any atom is -0.467 e. The van der Waals surface area contributed by atoms with Crippen molar-refractivity contribution in [2.75, 3.05) is 20.3 Å². The summed E-state index contributed by atoms with van der Waals surface area (Å²) in [7, 11) is 1.30. The molecule has 0 aliphatic carbocycles. The van der Waals surface area contributed by atoms with Crippen LogP contribution in [0.2, 0.25) is 0 Å². The maximum Gasteiger partial charge on any atom is 0.337 e. The van der Waals surface area contributed by atoms with Crippen LogP contribution in [0.1, 0.15) is 68.7 Å². The molecule has 0 aromatic rings. The van der Waals surface area contributed by atoms with Gasteiger partial charge in [-0.15, -0.1) is 0 Å². The zero-order valence-corrected chi connectivity index (χ0v) is 27.7. The summed E-state index contributed by atoms with van der Waals surface area (Å²) in [6.07, 6.45) is -5.71. The molecule has 256 valence electrons. The molecule has 1 amide bonds. The van der Waals surface area contributed by atoms with E-state index in [1.165, 1.54) is 14.0 Å². The summed E-state index contributed by atoms with van der Waals surface area (Å²) in [4.78, 5) is 32.0. The first-order valence-corrected chi connectivity index (χ1v) is 15.7. The standard InChI is InChI=1S/C30H48N2O13/c1-14(33)31-19(22-21(41-29(6,7)42-22)18-13-37-28(4,5)40-18)15-11-16(26(34)35-10)45-32(15)25-24-23(43-30(8,9)44-24)20(38-25)17-12-36-27(2,3)39-17/h15-25H,11-13H2,1-10H3,(H,31,33)/t15-,16-,17+,18+,19+,20+,21+,22+,23-,24-,25-/m0/s1. The van der Waals surface area contributed by atoms with E-state index in [0.29, 0.717) is 6.61 Å². The number of methoxy groups -OCH3 is 1. The number of hydrogen-bond donors (Lipinski definition) is 1. The molecule has 6 rings (SSSR count). The normalized spacial score (nSPS) is 43.8. The third kappa shape index (κ3) is 6.64. The molecule has 6 fully saturated rings. The molecule has 6 saturated heterocycles. The van der Waals surface area contributed by atoms with Crippen LogP contribution in [0.3, 0.4) is 0 Å². The highest BCUT2D eigenvalue weighted by molar-refractivity contribution is 5.75. The Morgan fingerprint density at radius 1 is 0.756 bits per heavy atom. The number of carbonyl (C=O) groups is 2. The van der Waals surface area contributed by atoms with Crippen LogP contribution in [0.25, 0.3) is 0 Å². The van der Waals surface area contributed by atoms with Crippen LogP contribution in [-0.4, -0.2) is 128 Å². The third-order valence-corrected chi connectivity index (χ3v) is 8.91. The Bertz CT molecular complexity index is 1150. The van der Waals surface area contributed by atoms with Crippen LogP contribution in [0.15, 0.2) is 0 Å². The largest absolute Gasteiger partial charge is 0.467 e. The zero-order chi connectivity index (χ0) is 32.7. The van der Waals surface area contributed by atoms with E-state index >= 15 is 0 Å². The van der Waals surface area contributed by atoms with Crippen LogP contribution >= 0.6 is 0 Å². The maximum atomic E-state index is 12.9. The number of carbonyl (C=O) groups excluding carboxylic acids is 2. The van der Waals surface area contributed by atoms with Gasteiger partial charge in [0.25, 0.3) is 0 Å². The van der Waals surface area contributed by atoms with E-state index in [4.69, 9.17) is 52.2 Å². The molecule has 0 saturated carbocycles. The zero-order valence-electron chi connectivity index (χ0n) is 27.7. The molecule has 0 radical (unpaired) electrons. The molecule has 0 spiro atoms. The van der Waals surface area contributed by atoms with Crippen LogP contribution in [0.4, 0.5) is 0 Å². The number of amides is 1. The lowest BCUT2D eigenvalue weighted by Gasteiger charge is -2.39. The first-order valence-electron chi connectivity index (χ1n) is 15.7. The Kier molecular flexibility index (Phi) is 8.60. The van der Waals surface area contributed by atoms with Gasteiger partial charge in [-0.2, -0.15) is 5.06 Å². The molecule has 15 heteroatoms. The van der Waals surface area contributed by atoms with Crippen LogP contribution in [0.5, 0.6) is 0 Å². The summed E-state index contributed by atoms with van der Waals surface area (Å²) in [6.45, 7) is 16.6. The minimum absolute atomic E-state index is 0.153. The second kappa shape index (κ2) is 11.6. The van der Waals surface area contributed by atoms with Crippen molar-refractivity contribution >= 4 is 11.9 Å². The van der Waals surface area contributed by atoms with E-state index in [1.807, 2.05) is 41.5 Å². The van der Waals surface area contributed by atoms with E-state index < -0.39 is 96.3 Å². The molecule has 6 aliphatic rings. The molecule has 0 bridgehead atoms. The van der Waals surface area contributed by atoms with Crippen molar-refractivity contribution in [2.24, 2.45) is 0 Å². The highest BCUT2D eigenvalue weighted by atomic mass is 16.8. The summed E-state index contributed by atoms with van der Waals surface area (Å²) in [5.41, 5.74) is 0. The summed E-state index contributed by atoms with van der Waals surface area (Å²) < 4.78 is 61.4. The van der Waals surface area contributed by atoms with Gasteiger partial charge in [0.2, 0.25) is 5.91 Å². The molecule has 11 atom stereocenters. The van der Waals surface area contributed by atoms with Gasteiger partial charge in [0.15, 0.2) is 35.5 Å². The van der Waals surface area contributed by atoms with Gasteiger partial charge in [0, 0.05) is 13.3 Å². The predicted octanol–water partition coefficient (Wildman–Crippen LogP) is 1.11. The first-order chi connectivity index (χ1) is 20.9. The predicted molar refractivity (Wildman–Crippen MR) is 151 cm³/mol. The molecule has 45 heavy (non-hydrogen) atoms. The van der Waals surface area contributed by atoms with Gasteiger partial charge in [-0.25, -0.2) is 4.79 Å². The summed E-state index contributed by atoms with van der Waals surface area (Å²) in [5.74, 6) is -4.42. The van der Waals surface area contributed by atoms with Gasteiger partial charge in [-0.3, -0.25) is 9.63 Å². The van der Waals surface area contributed by atoms with E-state index in [2.05, 4.69) is 5.32 Å². The minimum atomic E-state index is -1.01. The van der Waals surface area contributed by atoms with E-state index in [1.54, 1.807) is 18.9 Å². The SMILES string of the molecule is COC(=O)[C@@H]1C[C@@H]([C@@H](NC(C)=O)[C@H]2OC(C)(C)O[C@@H]2[C@H]2COC(C)(C)O2)N([C@H]2O[C@H]([C@H]3COC(C)(C)O3)[C@@H]3OC(C)(C)O[C@@H]32)O1. The van der Waals surface area contributed by atoms with Gasteiger partial charge in [0.1, 0.15) is 42.7 Å². The number of hydrogen-bond acceptors (Lipinski definition) is 14. The van der Waals surface area contributed by atoms with E-state index in [0.717, 1.165) is 0 Å². The number of nitrogens with one attached hydrogen (secondary N) is 1. The number of hydroxylamine groups is 2. The molecule has 6 heterocycles. The van der Waals surface area contributed by atoms with Crippen molar-refractivity contribution in [3.63, 3.8) is 0 Å². The highest BCUT2D eigenvalue weighted by Crippen LogP contribution is 2.46. The van der Waals surface area contributed by atoms with Crippen LogP contribution < -0.4 is 5.32 Å². The van der Waals surface area contributed by atoms with Gasteiger partial charge in [0.05, 0.1) is 32.4 Å². The van der Waals surface area contributed by atoms with Gasteiger partial charge in [-0.05, 0) is 55.4 Å². The number of ether oxygens (including phenoxy) is 10. The molecule has 6 aliphatic heterocycles. The van der Waals surface area contributed by atoms with Crippen molar-refractivity contribution in [3.05, 3.63) is 0 Å². The fraction of sp³-hybridized carbons (Fsp3) is 0.933. The maximum absolute atomic E-state index is 12.9. The summed E-state index contributed by atoms with van der Waals surface area (Å²) in [5, 5.41) is 4.66. The molecule has 0 aromatic carbocycles. The lowest BCUT2D eigenvalue weighted by molar-refractivity contribution is -0.294. The average molecular weight is 645 g/mol. The highest BCUT2D eigenvalue weighted by Gasteiger charge is 2.64. The Morgan fingerprint density at radius 2 is 1.31 bits per heavy atom. The second-order valence-corrected chi connectivity index (χ2v) is 14.4. The molecule has 0 aromatic heterocycles. The first kappa shape index (κ1) is 33.4. The van der Waals surface area contributed by atoms with Crippen LogP contribution in [-0.2, 0) is 61.8 Å². The fourth-order valence-electron chi connectivity index (χ4n) is 7.30. The second-order valence-electron chi connectivity index (χ2n) is 14.4. The topological polar surface area (TPSA) is 151 Å². The number of esters is 1. The molecule has 0 unspecified atom stereocenters. The quantitative estimate of drug-likeness (QED) is 0.394. The fourth-order valence-corrected chi connectivity index (χ4v) is 7.30. The average Bonchev–Trinajstić information content (AvgIpc) is 3.75. The molecular weight excluding hydrogens is 596 g/mol. The lowest BCUT2D eigenvalue weighted by atomic mass is 9.91. The van der Waals surface area contributed by atoms with E-state index in [9.17, 15) is 9.59 Å². The van der Waals surface area contributed by atoms with Crippen molar-refractivity contribution in [3.8, 4) is 0 Å². The van der Waals surface area contributed by atoms with Crippen molar-refractivity contribution in [2.45, 2.75) is 159 Å². The number of nitrogens with zero attached hydrogens (tertiary/aromatic N) is 1. The number of fused-ring (bicyclic) bond motifs is 1. The molecule has 1 N–H and O–H groups in total. The smallest absolute Gasteiger partial charge is 0.337 e. The monoisotopic (exact) mass is 644 g/mol. The Hall–Kier alpha value is -1.50.